The molecule has 1 aliphatic heterocycles. The van der Waals surface area contributed by atoms with Crippen LogP contribution in [0.15, 0.2) is 18.2 Å². The normalized spacial score (nSPS) is 22.3. The molecule has 1 atom stereocenters. The van der Waals surface area contributed by atoms with Gasteiger partial charge in [-0.15, -0.1) is 0 Å². The Bertz CT molecular complexity index is 725. The van der Waals surface area contributed by atoms with Crippen LogP contribution in [0.1, 0.15) is 42.0 Å². The van der Waals surface area contributed by atoms with Crippen LogP contribution >= 0.6 is 0 Å². The highest BCUT2D eigenvalue weighted by atomic mass is 32.2. The molecule has 1 aromatic rings. The van der Waals surface area contributed by atoms with Crippen LogP contribution in [0.2, 0.25) is 0 Å². The zero-order valence-corrected chi connectivity index (χ0v) is 15.0. The van der Waals surface area contributed by atoms with Gasteiger partial charge in [0.25, 0.3) is 10.2 Å². The molecule has 2 aliphatic rings. The number of piperidine rings is 1. The molecule has 1 unspecified atom stereocenters. The van der Waals surface area contributed by atoms with Gasteiger partial charge in [0.05, 0.1) is 6.04 Å². The summed E-state index contributed by atoms with van der Waals surface area (Å²) in [5.41, 5.74) is 3.80. The van der Waals surface area contributed by atoms with E-state index in [1.807, 2.05) is 0 Å². The SMILES string of the molecule is CNS(=O)(=O)N1CCC(C(=O)NC2CCc3cc(C)ccc32)CC1. The minimum atomic E-state index is -3.39. The number of benzene rings is 1. The number of amides is 1. The maximum atomic E-state index is 12.6. The molecule has 0 spiro atoms. The molecule has 1 aliphatic carbocycles. The standard InChI is InChI=1S/C17H25N3O3S/c1-12-3-5-15-14(11-12)4-6-16(15)19-17(21)13-7-9-20(10-8-13)24(22,23)18-2/h3,5,11,13,16,18H,4,6-10H2,1-2H3,(H,19,21). The Kier molecular flexibility index (Phi) is 4.94. The summed E-state index contributed by atoms with van der Waals surface area (Å²) in [5.74, 6) is -0.0577. The first-order chi connectivity index (χ1) is 11.4. The fraction of sp³-hybridized carbons (Fsp3) is 0.588. The quantitative estimate of drug-likeness (QED) is 0.858. The summed E-state index contributed by atoms with van der Waals surface area (Å²) in [6.45, 7) is 2.86. The van der Waals surface area contributed by atoms with Crippen LogP contribution in [0.3, 0.4) is 0 Å². The van der Waals surface area contributed by atoms with Gasteiger partial charge >= 0.3 is 0 Å². The Morgan fingerprint density at radius 3 is 2.58 bits per heavy atom. The summed E-state index contributed by atoms with van der Waals surface area (Å²) in [4.78, 5) is 12.6. The van der Waals surface area contributed by atoms with Crippen LogP contribution in [-0.4, -0.2) is 38.8 Å². The lowest BCUT2D eigenvalue weighted by molar-refractivity contribution is -0.126. The summed E-state index contributed by atoms with van der Waals surface area (Å²) in [7, 11) is -1.98. The molecule has 6 nitrogen and oxygen atoms in total. The van der Waals surface area contributed by atoms with Gasteiger partial charge in [0.15, 0.2) is 0 Å². The van der Waals surface area contributed by atoms with E-state index in [-0.39, 0.29) is 17.9 Å². The summed E-state index contributed by atoms with van der Waals surface area (Å²) in [6.07, 6.45) is 3.08. The number of carbonyl (C=O) groups excluding carboxylic acids is 1. The molecule has 0 saturated carbocycles. The van der Waals surface area contributed by atoms with Gasteiger partial charge in [-0.25, -0.2) is 4.72 Å². The van der Waals surface area contributed by atoms with Gasteiger partial charge in [-0.05, 0) is 43.7 Å². The number of hydrogen-bond acceptors (Lipinski definition) is 3. The molecular weight excluding hydrogens is 326 g/mol. The van der Waals surface area contributed by atoms with Crippen LogP contribution in [0.5, 0.6) is 0 Å². The van der Waals surface area contributed by atoms with Crippen molar-refractivity contribution in [2.45, 2.75) is 38.6 Å². The molecule has 0 bridgehead atoms. The van der Waals surface area contributed by atoms with E-state index in [2.05, 4.69) is 35.2 Å². The molecular formula is C17H25N3O3S. The second-order valence-corrected chi connectivity index (χ2v) is 8.56. The summed E-state index contributed by atoms with van der Waals surface area (Å²) < 4.78 is 27.3. The van der Waals surface area contributed by atoms with Gasteiger partial charge in [0.2, 0.25) is 5.91 Å². The predicted molar refractivity (Wildman–Crippen MR) is 92.7 cm³/mol. The number of nitrogens with one attached hydrogen (secondary N) is 2. The third kappa shape index (κ3) is 3.48. The lowest BCUT2D eigenvalue weighted by atomic mass is 9.96. The number of rotatable bonds is 4. The second-order valence-electron chi connectivity index (χ2n) is 6.68. The molecule has 1 heterocycles. The number of nitrogens with zero attached hydrogens (tertiary/aromatic N) is 1. The lowest BCUT2D eigenvalue weighted by Crippen LogP contribution is -2.46. The maximum Gasteiger partial charge on any atom is 0.279 e. The Hall–Kier alpha value is -1.44. The minimum Gasteiger partial charge on any atom is -0.349 e. The van der Waals surface area contributed by atoms with Crippen molar-refractivity contribution < 1.29 is 13.2 Å². The van der Waals surface area contributed by atoms with Gasteiger partial charge in [0, 0.05) is 26.1 Å². The monoisotopic (exact) mass is 351 g/mol. The highest BCUT2D eigenvalue weighted by Crippen LogP contribution is 2.32. The summed E-state index contributed by atoms with van der Waals surface area (Å²) >= 11 is 0. The van der Waals surface area contributed by atoms with Gasteiger partial charge in [-0.3, -0.25) is 4.79 Å². The van der Waals surface area contributed by atoms with Gasteiger partial charge in [-0.2, -0.15) is 12.7 Å². The summed E-state index contributed by atoms with van der Waals surface area (Å²) in [5, 5.41) is 3.17. The Morgan fingerprint density at radius 1 is 1.21 bits per heavy atom. The van der Waals surface area contributed by atoms with E-state index in [0.717, 1.165) is 12.8 Å². The number of aryl methyl sites for hydroxylation is 2. The van der Waals surface area contributed by atoms with Crippen LogP contribution in [-0.2, 0) is 21.4 Å². The van der Waals surface area contributed by atoms with Gasteiger partial charge in [0.1, 0.15) is 0 Å². The molecule has 132 valence electrons. The summed E-state index contributed by atoms with van der Waals surface area (Å²) in [6, 6.07) is 6.49. The van der Waals surface area contributed by atoms with E-state index in [4.69, 9.17) is 0 Å². The molecule has 0 radical (unpaired) electrons. The first-order valence-corrected chi connectivity index (χ1v) is 9.93. The fourth-order valence-corrected chi connectivity index (χ4v) is 4.62. The van der Waals surface area contributed by atoms with Crippen molar-refractivity contribution in [1.82, 2.24) is 14.3 Å². The molecule has 3 rings (SSSR count). The molecule has 1 fully saturated rings. The number of fused-ring (bicyclic) bond motifs is 1. The molecule has 0 aromatic heterocycles. The smallest absolute Gasteiger partial charge is 0.279 e. The Balaban J connectivity index is 1.58. The zero-order valence-electron chi connectivity index (χ0n) is 14.2. The van der Waals surface area contributed by atoms with Crippen molar-refractivity contribution in [3.63, 3.8) is 0 Å². The lowest BCUT2D eigenvalue weighted by Gasteiger charge is -2.30. The second kappa shape index (κ2) is 6.82. The van der Waals surface area contributed by atoms with Crippen molar-refractivity contribution in [1.29, 1.82) is 0 Å². The van der Waals surface area contributed by atoms with Crippen molar-refractivity contribution >= 4 is 16.1 Å². The maximum absolute atomic E-state index is 12.6. The van der Waals surface area contributed by atoms with E-state index < -0.39 is 10.2 Å². The van der Waals surface area contributed by atoms with E-state index in [1.165, 1.54) is 28.0 Å². The number of hydrogen-bond donors (Lipinski definition) is 2. The minimum absolute atomic E-state index is 0.0509. The average molecular weight is 351 g/mol. The third-order valence-corrected chi connectivity index (χ3v) is 6.68. The highest BCUT2D eigenvalue weighted by molar-refractivity contribution is 7.87. The van der Waals surface area contributed by atoms with Crippen LogP contribution in [0, 0.1) is 12.8 Å². The Morgan fingerprint density at radius 2 is 1.92 bits per heavy atom. The molecule has 7 heteroatoms. The van der Waals surface area contributed by atoms with E-state index in [9.17, 15) is 13.2 Å². The zero-order chi connectivity index (χ0) is 17.3. The predicted octanol–water partition coefficient (Wildman–Crippen LogP) is 1.27. The highest BCUT2D eigenvalue weighted by Gasteiger charge is 2.32. The Labute approximate surface area is 143 Å². The first kappa shape index (κ1) is 17.4. The molecule has 1 aromatic carbocycles. The largest absolute Gasteiger partial charge is 0.349 e. The van der Waals surface area contributed by atoms with E-state index in [1.54, 1.807) is 0 Å². The van der Waals surface area contributed by atoms with Crippen molar-refractivity contribution in [2.75, 3.05) is 20.1 Å². The molecule has 2 N–H and O–H groups in total. The van der Waals surface area contributed by atoms with Crippen LogP contribution in [0.4, 0.5) is 0 Å². The topological polar surface area (TPSA) is 78.5 Å². The average Bonchev–Trinajstić information content (AvgIpc) is 2.96. The van der Waals surface area contributed by atoms with Crippen molar-refractivity contribution in [3.8, 4) is 0 Å². The van der Waals surface area contributed by atoms with E-state index >= 15 is 0 Å². The van der Waals surface area contributed by atoms with E-state index in [0.29, 0.717) is 25.9 Å². The molecule has 24 heavy (non-hydrogen) atoms. The molecule has 1 amide bonds. The van der Waals surface area contributed by atoms with Crippen LogP contribution < -0.4 is 10.0 Å². The van der Waals surface area contributed by atoms with Gasteiger partial charge < -0.3 is 5.32 Å². The van der Waals surface area contributed by atoms with Crippen molar-refractivity contribution in [2.24, 2.45) is 5.92 Å². The first-order valence-electron chi connectivity index (χ1n) is 8.49. The molecule has 1 saturated heterocycles. The fourth-order valence-electron chi connectivity index (χ4n) is 3.67. The van der Waals surface area contributed by atoms with Crippen LogP contribution in [0.25, 0.3) is 0 Å². The van der Waals surface area contributed by atoms with Gasteiger partial charge in [-0.1, -0.05) is 23.8 Å². The number of carbonyl (C=O) groups is 1. The third-order valence-electron chi connectivity index (χ3n) is 5.12. The van der Waals surface area contributed by atoms with Crippen molar-refractivity contribution in [3.05, 3.63) is 34.9 Å².